The van der Waals surface area contributed by atoms with Crippen LogP contribution in [0, 0.1) is 19.7 Å². The topological polar surface area (TPSA) is 81.2 Å². The van der Waals surface area contributed by atoms with Gasteiger partial charge in [-0.1, -0.05) is 0 Å². The highest BCUT2D eigenvalue weighted by atomic mass is 19.1. The van der Waals surface area contributed by atoms with Crippen LogP contribution in [0.4, 0.5) is 15.8 Å². The first-order valence-corrected chi connectivity index (χ1v) is 5.28. The molecule has 1 aromatic heterocycles. The van der Waals surface area contributed by atoms with E-state index in [2.05, 4.69) is 10.3 Å². The number of nitrogen functional groups attached to an aromatic ring is 1. The normalized spacial score (nSPS) is 10.4. The molecule has 0 unspecified atom stereocenters. The van der Waals surface area contributed by atoms with Gasteiger partial charge in [-0.2, -0.15) is 0 Å². The van der Waals surface area contributed by atoms with Crippen LogP contribution in [0.1, 0.15) is 22.1 Å². The molecule has 1 aromatic carbocycles. The summed E-state index contributed by atoms with van der Waals surface area (Å²) in [6, 6.07) is 3.74. The third-order valence-corrected chi connectivity index (χ3v) is 2.37. The van der Waals surface area contributed by atoms with Crippen LogP contribution in [0.25, 0.3) is 0 Å². The largest absolute Gasteiger partial charge is 0.436 e. The van der Waals surface area contributed by atoms with Gasteiger partial charge in [0.1, 0.15) is 5.82 Å². The maximum Gasteiger partial charge on any atom is 0.293 e. The first-order chi connectivity index (χ1) is 8.47. The van der Waals surface area contributed by atoms with E-state index >= 15 is 0 Å². The molecule has 0 atom stereocenters. The van der Waals surface area contributed by atoms with Gasteiger partial charge >= 0.3 is 0 Å². The summed E-state index contributed by atoms with van der Waals surface area (Å²) in [4.78, 5) is 15.9. The first kappa shape index (κ1) is 12.1. The number of halogens is 1. The minimum Gasteiger partial charge on any atom is -0.436 e. The van der Waals surface area contributed by atoms with Gasteiger partial charge in [0.15, 0.2) is 5.89 Å². The van der Waals surface area contributed by atoms with Crippen molar-refractivity contribution in [2.75, 3.05) is 11.1 Å². The van der Waals surface area contributed by atoms with Crippen molar-refractivity contribution in [2.45, 2.75) is 13.8 Å². The Morgan fingerprint density at radius 3 is 2.72 bits per heavy atom. The van der Waals surface area contributed by atoms with E-state index in [-0.39, 0.29) is 11.4 Å². The summed E-state index contributed by atoms with van der Waals surface area (Å²) < 4.78 is 18.0. The fourth-order valence-corrected chi connectivity index (χ4v) is 1.57. The molecule has 1 heterocycles. The summed E-state index contributed by atoms with van der Waals surface area (Å²) in [7, 11) is 0. The summed E-state index contributed by atoms with van der Waals surface area (Å²) in [5.41, 5.74) is 6.56. The molecule has 2 aromatic rings. The fraction of sp³-hybridized carbons (Fsp3) is 0.167. The van der Waals surface area contributed by atoms with E-state index in [1.165, 1.54) is 12.1 Å². The first-order valence-electron chi connectivity index (χ1n) is 5.28. The van der Waals surface area contributed by atoms with Crippen LogP contribution in [0.5, 0.6) is 0 Å². The molecule has 0 radical (unpaired) electrons. The minimum atomic E-state index is -0.466. The van der Waals surface area contributed by atoms with E-state index in [0.29, 0.717) is 17.3 Å². The van der Waals surface area contributed by atoms with Crippen LogP contribution < -0.4 is 11.1 Å². The summed E-state index contributed by atoms with van der Waals surface area (Å²) in [6.07, 6.45) is 0. The van der Waals surface area contributed by atoms with E-state index < -0.39 is 11.7 Å². The molecule has 0 aliphatic rings. The Balaban J connectivity index is 2.24. The summed E-state index contributed by atoms with van der Waals surface area (Å²) in [5.74, 6) is -0.399. The van der Waals surface area contributed by atoms with Gasteiger partial charge in [0.05, 0.1) is 17.1 Å². The second-order valence-corrected chi connectivity index (χ2v) is 3.83. The molecule has 94 valence electrons. The Hall–Kier alpha value is -2.37. The predicted molar refractivity (Wildman–Crippen MR) is 64.7 cm³/mol. The van der Waals surface area contributed by atoms with Crippen molar-refractivity contribution in [3.8, 4) is 0 Å². The number of rotatable bonds is 2. The predicted octanol–water partition coefficient (Wildman–Crippen LogP) is 2.27. The van der Waals surface area contributed by atoms with Crippen molar-refractivity contribution in [1.29, 1.82) is 0 Å². The molecule has 0 fully saturated rings. The lowest BCUT2D eigenvalue weighted by Gasteiger charge is -2.06. The molecular weight excluding hydrogens is 237 g/mol. The van der Waals surface area contributed by atoms with Crippen molar-refractivity contribution in [3.63, 3.8) is 0 Å². The molecule has 3 N–H and O–H groups in total. The Labute approximate surface area is 103 Å². The third-order valence-electron chi connectivity index (χ3n) is 2.37. The molecule has 5 nitrogen and oxygen atoms in total. The highest BCUT2D eigenvalue weighted by molar-refractivity contribution is 6.04. The van der Waals surface area contributed by atoms with Crippen LogP contribution in [-0.2, 0) is 0 Å². The molecule has 0 saturated carbocycles. The number of carbonyl (C=O) groups is 1. The van der Waals surface area contributed by atoms with Crippen LogP contribution in [0.15, 0.2) is 22.6 Å². The van der Waals surface area contributed by atoms with Crippen LogP contribution in [0.3, 0.4) is 0 Å². The van der Waals surface area contributed by atoms with Gasteiger partial charge in [-0.15, -0.1) is 0 Å². The molecule has 2 rings (SSSR count). The van der Waals surface area contributed by atoms with Crippen molar-refractivity contribution in [2.24, 2.45) is 0 Å². The van der Waals surface area contributed by atoms with Gasteiger partial charge in [-0.05, 0) is 25.1 Å². The van der Waals surface area contributed by atoms with Crippen molar-refractivity contribution >= 4 is 17.3 Å². The number of amides is 1. The third kappa shape index (κ3) is 2.32. The molecule has 0 bridgehead atoms. The number of benzene rings is 1. The van der Waals surface area contributed by atoms with Crippen LogP contribution in [-0.4, -0.2) is 10.9 Å². The fourth-order valence-electron chi connectivity index (χ4n) is 1.57. The molecular formula is C12H12FN3O2. The van der Waals surface area contributed by atoms with Gasteiger partial charge in [0.25, 0.3) is 5.91 Å². The Kier molecular flexibility index (Phi) is 3.01. The van der Waals surface area contributed by atoms with Gasteiger partial charge in [-0.3, -0.25) is 4.79 Å². The molecule has 18 heavy (non-hydrogen) atoms. The van der Waals surface area contributed by atoms with Gasteiger partial charge in [-0.25, -0.2) is 9.37 Å². The number of carbonyl (C=O) groups excluding carboxylic acids is 1. The Bertz CT molecular complexity index is 607. The minimum absolute atomic E-state index is 0.122. The van der Waals surface area contributed by atoms with Crippen LogP contribution in [0.2, 0.25) is 0 Å². The Morgan fingerprint density at radius 1 is 1.44 bits per heavy atom. The lowest BCUT2D eigenvalue weighted by molar-refractivity contribution is 0.0994. The molecule has 0 aliphatic carbocycles. The SMILES string of the molecule is Cc1nc(C)c(C(=O)Nc2ccc(F)cc2N)o1. The molecule has 0 spiro atoms. The zero-order valence-corrected chi connectivity index (χ0v) is 9.95. The number of anilines is 2. The zero-order chi connectivity index (χ0) is 13.3. The number of nitrogens with two attached hydrogens (primary N) is 1. The maximum absolute atomic E-state index is 12.9. The average molecular weight is 249 g/mol. The van der Waals surface area contributed by atoms with Crippen molar-refractivity contribution in [3.05, 3.63) is 41.4 Å². The maximum atomic E-state index is 12.9. The van der Waals surface area contributed by atoms with Crippen LogP contribution >= 0.6 is 0 Å². The number of aromatic nitrogens is 1. The number of nitrogens with zero attached hydrogens (tertiary/aromatic N) is 1. The Morgan fingerprint density at radius 2 is 2.17 bits per heavy atom. The van der Waals surface area contributed by atoms with Gasteiger partial charge in [0, 0.05) is 6.92 Å². The highest BCUT2D eigenvalue weighted by Crippen LogP contribution is 2.20. The lowest BCUT2D eigenvalue weighted by Crippen LogP contribution is -2.13. The number of hydrogen-bond acceptors (Lipinski definition) is 4. The number of hydrogen-bond donors (Lipinski definition) is 2. The smallest absolute Gasteiger partial charge is 0.293 e. The van der Waals surface area contributed by atoms with E-state index in [1.807, 2.05) is 0 Å². The summed E-state index contributed by atoms with van der Waals surface area (Å²) >= 11 is 0. The summed E-state index contributed by atoms with van der Waals surface area (Å²) in [6.45, 7) is 3.31. The van der Waals surface area contributed by atoms with E-state index in [1.54, 1.807) is 13.8 Å². The highest BCUT2D eigenvalue weighted by Gasteiger charge is 2.16. The van der Waals surface area contributed by atoms with Gasteiger partial charge < -0.3 is 15.5 Å². The average Bonchev–Trinajstić information content (AvgIpc) is 2.62. The quantitative estimate of drug-likeness (QED) is 0.800. The monoisotopic (exact) mass is 249 g/mol. The second-order valence-electron chi connectivity index (χ2n) is 3.83. The molecule has 1 amide bonds. The summed E-state index contributed by atoms with van der Waals surface area (Å²) in [5, 5.41) is 2.54. The molecule has 0 aliphatic heterocycles. The van der Waals surface area contributed by atoms with E-state index in [9.17, 15) is 9.18 Å². The molecule has 0 saturated heterocycles. The van der Waals surface area contributed by atoms with Crippen molar-refractivity contribution in [1.82, 2.24) is 4.98 Å². The van der Waals surface area contributed by atoms with E-state index in [0.717, 1.165) is 6.07 Å². The lowest BCUT2D eigenvalue weighted by atomic mass is 10.2. The number of nitrogens with one attached hydrogen (secondary N) is 1. The number of aryl methyl sites for hydroxylation is 2. The standard InChI is InChI=1S/C12H12FN3O2/c1-6-11(18-7(2)15-6)12(17)16-10-4-3-8(13)5-9(10)14/h3-5H,14H2,1-2H3,(H,16,17). The van der Waals surface area contributed by atoms with E-state index in [4.69, 9.17) is 10.2 Å². The second kappa shape index (κ2) is 4.48. The molecule has 6 heteroatoms. The zero-order valence-electron chi connectivity index (χ0n) is 9.95. The van der Waals surface area contributed by atoms with Gasteiger partial charge in [0.2, 0.25) is 5.76 Å². The van der Waals surface area contributed by atoms with Crippen molar-refractivity contribution < 1.29 is 13.6 Å². The number of oxazole rings is 1.